The van der Waals surface area contributed by atoms with E-state index in [1.807, 2.05) is 36.4 Å². The first-order valence-electron chi connectivity index (χ1n) is 9.40. The summed E-state index contributed by atoms with van der Waals surface area (Å²) in [5, 5.41) is 7.82. The Balaban J connectivity index is 1.74. The van der Waals surface area contributed by atoms with Crippen LogP contribution in [0.5, 0.6) is 11.5 Å². The third-order valence-corrected chi connectivity index (χ3v) is 4.77. The molecule has 0 aliphatic rings. The number of benzene rings is 3. The molecule has 1 N–H and O–H groups in total. The molecular weight excluding hydrogens is 416 g/mol. The van der Waals surface area contributed by atoms with Crippen molar-refractivity contribution in [3.05, 3.63) is 83.6 Å². The molecule has 0 aliphatic heterocycles. The van der Waals surface area contributed by atoms with E-state index in [1.54, 1.807) is 55.3 Å². The molecule has 4 aromatic rings. The number of carbonyl (C=O) groups is 1. The van der Waals surface area contributed by atoms with Gasteiger partial charge >= 0.3 is 0 Å². The maximum Gasteiger partial charge on any atom is 0.295 e. The minimum Gasteiger partial charge on any atom is -0.497 e. The summed E-state index contributed by atoms with van der Waals surface area (Å²) in [6.45, 7) is 0. The molecule has 3 aromatic carbocycles. The molecule has 156 valence electrons. The predicted molar refractivity (Wildman–Crippen MR) is 119 cm³/mol. The Kier molecular flexibility index (Phi) is 5.86. The summed E-state index contributed by atoms with van der Waals surface area (Å²) in [6.07, 6.45) is 0. The zero-order valence-corrected chi connectivity index (χ0v) is 17.6. The van der Waals surface area contributed by atoms with Crippen molar-refractivity contribution < 1.29 is 14.3 Å². The highest BCUT2D eigenvalue weighted by Gasteiger charge is 2.19. The van der Waals surface area contributed by atoms with Gasteiger partial charge in [0.1, 0.15) is 11.5 Å². The standard InChI is InChI=1S/C23H19ClN4O3/c1-30-19-11-9-18(10-12-19)28-22(15-5-3-6-16(24)13-15)26-21(27-28)23(29)25-17-7-4-8-20(14-17)31-2/h3-14H,1-2H3,(H,25,29). The van der Waals surface area contributed by atoms with Gasteiger partial charge in [-0.15, -0.1) is 5.10 Å². The Morgan fingerprint density at radius 3 is 2.39 bits per heavy atom. The molecule has 1 aromatic heterocycles. The molecule has 0 fully saturated rings. The fourth-order valence-electron chi connectivity index (χ4n) is 3.01. The van der Waals surface area contributed by atoms with E-state index >= 15 is 0 Å². The molecule has 7 nitrogen and oxygen atoms in total. The van der Waals surface area contributed by atoms with Crippen LogP contribution in [-0.4, -0.2) is 34.9 Å². The average Bonchev–Trinajstić information content (AvgIpc) is 3.25. The zero-order valence-electron chi connectivity index (χ0n) is 16.9. The van der Waals surface area contributed by atoms with Crippen molar-refractivity contribution in [1.29, 1.82) is 0 Å². The molecule has 1 amide bonds. The summed E-state index contributed by atoms with van der Waals surface area (Å²) in [6, 6.07) is 21.6. The fraction of sp³-hybridized carbons (Fsp3) is 0.0870. The van der Waals surface area contributed by atoms with Crippen molar-refractivity contribution in [1.82, 2.24) is 14.8 Å². The van der Waals surface area contributed by atoms with Crippen molar-refractivity contribution in [2.45, 2.75) is 0 Å². The van der Waals surface area contributed by atoms with E-state index in [0.717, 1.165) is 11.3 Å². The minimum absolute atomic E-state index is 0.0219. The Morgan fingerprint density at radius 1 is 0.935 bits per heavy atom. The molecule has 0 saturated carbocycles. The molecule has 31 heavy (non-hydrogen) atoms. The SMILES string of the molecule is COc1ccc(-n2nc(C(=O)Nc3cccc(OC)c3)nc2-c2cccc(Cl)c2)cc1. The lowest BCUT2D eigenvalue weighted by molar-refractivity contribution is 0.101. The van der Waals surface area contributed by atoms with Crippen LogP contribution >= 0.6 is 11.6 Å². The molecule has 0 atom stereocenters. The molecule has 0 aliphatic carbocycles. The highest BCUT2D eigenvalue weighted by molar-refractivity contribution is 6.30. The van der Waals surface area contributed by atoms with Crippen LogP contribution in [0.4, 0.5) is 5.69 Å². The number of hydrogen-bond acceptors (Lipinski definition) is 5. The Bertz CT molecular complexity index is 1220. The molecule has 0 saturated heterocycles. The van der Waals surface area contributed by atoms with Crippen molar-refractivity contribution in [3.63, 3.8) is 0 Å². The van der Waals surface area contributed by atoms with E-state index in [9.17, 15) is 4.79 Å². The summed E-state index contributed by atoms with van der Waals surface area (Å²) < 4.78 is 12.0. The van der Waals surface area contributed by atoms with E-state index in [0.29, 0.717) is 28.0 Å². The van der Waals surface area contributed by atoms with Gasteiger partial charge < -0.3 is 14.8 Å². The van der Waals surface area contributed by atoms with Gasteiger partial charge in [-0.3, -0.25) is 4.79 Å². The van der Waals surface area contributed by atoms with Crippen LogP contribution < -0.4 is 14.8 Å². The van der Waals surface area contributed by atoms with Crippen LogP contribution in [0.3, 0.4) is 0 Å². The number of ether oxygens (including phenoxy) is 2. The van der Waals surface area contributed by atoms with Gasteiger partial charge in [0.05, 0.1) is 19.9 Å². The molecule has 0 bridgehead atoms. The van der Waals surface area contributed by atoms with Crippen LogP contribution in [0.15, 0.2) is 72.8 Å². The number of anilines is 1. The van der Waals surface area contributed by atoms with E-state index in [4.69, 9.17) is 21.1 Å². The van der Waals surface area contributed by atoms with Crippen molar-refractivity contribution in [2.75, 3.05) is 19.5 Å². The highest BCUT2D eigenvalue weighted by Crippen LogP contribution is 2.25. The Labute approximate surface area is 184 Å². The number of methoxy groups -OCH3 is 2. The van der Waals surface area contributed by atoms with Gasteiger partial charge in [0.2, 0.25) is 5.82 Å². The summed E-state index contributed by atoms with van der Waals surface area (Å²) in [4.78, 5) is 17.4. The Morgan fingerprint density at radius 2 is 1.68 bits per heavy atom. The van der Waals surface area contributed by atoms with E-state index in [1.165, 1.54) is 0 Å². The van der Waals surface area contributed by atoms with Gasteiger partial charge in [-0.1, -0.05) is 29.8 Å². The molecule has 8 heteroatoms. The summed E-state index contributed by atoms with van der Waals surface area (Å²) in [5.41, 5.74) is 2.04. The van der Waals surface area contributed by atoms with Crippen molar-refractivity contribution in [2.24, 2.45) is 0 Å². The smallest absolute Gasteiger partial charge is 0.295 e. The van der Waals surface area contributed by atoms with Gasteiger partial charge in [-0.2, -0.15) is 0 Å². The maximum atomic E-state index is 12.9. The molecule has 0 spiro atoms. The number of halogens is 1. The van der Waals surface area contributed by atoms with Gasteiger partial charge in [-0.05, 0) is 48.5 Å². The second kappa shape index (κ2) is 8.89. The molecular formula is C23H19ClN4O3. The van der Waals surface area contributed by atoms with Gasteiger partial charge in [0, 0.05) is 22.3 Å². The monoisotopic (exact) mass is 434 g/mol. The zero-order chi connectivity index (χ0) is 21.8. The second-order valence-electron chi connectivity index (χ2n) is 6.57. The number of nitrogens with zero attached hydrogens (tertiary/aromatic N) is 3. The van der Waals surface area contributed by atoms with Crippen molar-refractivity contribution >= 4 is 23.2 Å². The Hall–Kier alpha value is -3.84. The first kappa shape index (κ1) is 20.4. The fourth-order valence-corrected chi connectivity index (χ4v) is 3.20. The lowest BCUT2D eigenvalue weighted by Crippen LogP contribution is -2.14. The number of hydrogen-bond donors (Lipinski definition) is 1. The third-order valence-electron chi connectivity index (χ3n) is 4.54. The normalized spacial score (nSPS) is 10.5. The predicted octanol–water partition coefficient (Wildman–Crippen LogP) is 4.86. The van der Waals surface area contributed by atoms with Gasteiger partial charge in [-0.25, -0.2) is 9.67 Å². The van der Waals surface area contributed by atoms with E-state index < -0.39 is 5.91 Å². The van der Waals surface area contributed by atoms with Gasteiger partial charge in [0.25, 0.3) is 5.91 Å². The highest BCUT2D eigenvalue weighted by atomic mass is 35.5. The first-order valence-corrected chi connectivity index (χ1v) is 9.78. The third kappa shape index (κ3) is 4.51. The largest absolute Gasteiger partial charge is 0.497 e. The average molecular weight is 435 g/mol. The molecule has 1 heterocycles. The van der Waals surface area contributed by atoms with Crippen LogP contribution in [-0.2, 0) is 0 Å². The van der Waals surface area contributed by atoms with E-state index in [2.05, 4.69) is 15.4 Å². The summed E-state index contributed by atoms with van der Waals surface area (Å²) >= 11 is 6.17. The van der Waals surface area contributed by atoms with Crippen LogP contribution in [0.1, 0.15) is 10.6 Å². The number of nitrogens with one attached hydrogen (secondary N) is 1. The summed E-state index contributed by atoms with van der Waals surface area (Å²) in [5.74, 6) is 1.42. The molecule has 4 rings (SSSR count). The second-order valence-corrected chi connectivity index (χ2v) is 7.00. The number of carbonyl (C=O) groups excluding carboxylic acids is 1. The maximum absolute atomic E-state index is 12.9. The summed E-state index contributed by atoms with van der Waals surface area (Å²) in [7, 11) is 3.17. The topological polar surface area (TPSA) is 78.3 Å². The first-order chi connectivity index (χ1) is 15.1. The van der Waals surface area contributed by atoms with Crippen LogP contribution in [0, 0.1) is 0 Å². The van der Waals surface area contributed by atoms with Gasteiger partial charge in [0.15, 0.2) is 5.82 Å². The number of amides is 1. The van der Waals surface area contributed by atoms with Crippen molar-refractivity contribution in [3.8, 4) is 28.6 Å². The lowest BCUT2D eigenvalue weighted by atomic mass is 10.2. The van der Waals surface area contributed by atoms with E-state index in [-0.39, 0.29) is 5.82 Å². The molecule has 0 unspecified atom stereocenters. The van der Waals surface area contributed by atoms with Crippen LogP contribution in [0.25, 0.3) is 17.1 Å². The van der Waals surface area contributed by atoms with Crippen LogP contribution in [0.2, 0.25) is 5.02 Å². The lowest BCUT2D eigenvalue weighted by Gasteiger charge is -2.07. The minimum atomic E-state index is -0.441. The molecule has 0 radical (unpaired) electrons. The quantitative estimate of drug-likeness (QED) is 0.469. The number of rotatable bonds is 6. The number of aromatic nitrogens is 3.